The zero-order valence-electron chi connectivity index (χ0n) is 17.7. The standard InChI is InChI=1S/C22H25N5O4S/c1-2-15-6-7-17(22(28)29)13-21(15)32(30,31)25-18-12-16(19-14-23-26-24-19)8-9-20(18)27-10-4-3-5-11-27/h6-9,12-14,25H,2-5,10-11H2,1H3,(H,28,29)(H,23,24,26). The van der Waals surface area contributed by atoms with Gasteiger partial charge in [-0.3, -0.25) is 4.72 Å². The van der Waals surface area contributed by atoms with Crippen molar-refractivity contribution in [1.29, 1.82) is 0 Å². The molecule has 0 saturated carbocycles. The highest BCUT2D eigenvalue weighted by Crippen LogP contribution is 2.34. The molecule has 0 atom stereocenters. The molecule has 168 valence electrons. The molecule has 3 N–H and O–H groups in total. The Balaban J connectivity index is 1.78. The fourth-order valence-electron chi connectivity index (χ4n) is 3.96. The van der Waals surface area contributed by atoms with Crippen LogP contribution < -0.4 is 9.62 Å². The molecule has 2 heterocycles. The molecule has 0 unspecified atom stereocenters. The van der Waals surface area contributed by atoms with E-state index in [9.17, 15) is 18.3 Å². The SMILES string of the molecule is CCc1ccc(C(=O)O)cc1S(=O)(=O)Nc1cc(-c2cn[nH]n2)ccc1N1CCCCC1. The summed E-state index contributed by atoms with van der Waals surface area (Å²) >= 11 is 0. The van der Waals surface area contributed by atoms with Gasteiger partial charge in [0.2, 0.25) is 0 Å². The van der Waals surface area contributed by atoms with E-state index < -0.39 is 16.0 Å². The maximum absolute atomic E-state index is 13.4. The number of carboxylic acids is 1. The van der Waals surface area contributed by atoms with Gasteiger partial charge in [0.1, 0.15) is 5.69 Å². The summed E-state index contributed by atoms with van der Waals surface area (Å²) in [4.78, 5) is 13.6. The predicted octanol–water partition coefficient (Wildman–Crippen LogP) is 3.52. The van der Waals surface area contributed by atoms with E-state index in [1.165, 1.54) is 12.1 Å². The lowest BCUT2D eigenvalue weighted by molar-refractivity contribution is 0.0696. The Kier molecular flexibility index (Phi) is 6.13. The molecule has 0 spiro atoms. The van der Waals surface area contributed by atoms with E-state index in [1.807, 2.05) is 19.1 Å². The van der Waals surface area contributed by atoms with Crippen LogP contribution in [0.15, 0.2) is 47.5 Å². The van der Waals surface area contributed by atoms with Gasteiger partial charge >= 0.3 is 5.97 Å². The third kappa shape index (κ3) is 4.45. The molecule has 10 heteroatoms. The number of nitrogens with one attached hydrogen (secondary N) is 2. The molecule has 0 aliphatic carbocycles. The van der Waals surface area contributed by atoms with Crippen molar-refractivity contribution in [2.45, 2.75) is 37.5 Å². The van der Waals surface area contributed by atoms with Crippen molar-refractivity contribution in [3.63, 3.8) is 0 Å². The number of sulfonamides is 1. The van der Waals surface area contributed by atoms with Gasteiger partial charge in [-0.15, -0.1) is 0 Å². The van der Waals surface area contributed by atoms with Crippen LogP contribution in [-0.4, -0.2) is 48.0 Å². The summed E-state index contributed by atoms with van der Waals surface area (Å²) < 4.78 is 29.6. The Bertz CT molecular complexity index is 1220. The summed E-state index contributed by atoms with van der Waals surface area (Å²) in [7, 11) is -4.04. The van der Waals surface area contributed by atoms with Crippen LogP contribution in [0, 0.1) is 0 Å². The van der Waals surface area contributed by atoms with Gasteiger partial charge in [-0.25, -0.2) is 13.2 Å². The average Bonchev–Trinajstić information content (AvgIpc) is 3.34. The van der Waals surface area contributed by atoms with E-state index in [0.717, 1.165) is 38.0 Å². The number of rotatable bonds is 7. The number of anilines is 2. The number of aromatic carboxylic acids is 1. The first-order valence-corrected chi connectivity index (χ1v) is 12.0. The van der Waals surface area contributed by atoms with Crippen molar-refractivity contribution < 1.29 is 18.3 Å². The molecule has 1 aliphatic heterocycles. The molecule has 0 amide bonds. The van der Waals surface area contributed by atoms with Gasteiger partial charge in [0.05, 0.1) is 28.0 Å². The van der Waals surface area contributed by atoms with Crippen LogP contribution in [0.25, 0.3) is 11.3 Å². The Morgan fingerprint density at radius 2 is 1.94 bits per heavy atom. The number of piperidine rings is 1. The van der Waals surface area contributed by atoms with Crippen molar-refractivity contribution in [2.75, 3.05) is 22.7 Å². The first-order chi connectivity index (χ1) is 15.4. The highest BCUT2D eigenvalue weighted by molar-refractivity contribution is 7.92. The monoisotopic (exact) mass is 455 g/mol. The van der Waals surface area contributed by atoms with E-state index in [2.05, 4.69) is 25.0 Å². The molecule has 1 fully saturated rings. The van der Waals surface area contributed by atoms with Gasteiger partial charge in [0.25, 0.3) is 10.0 Å². The molecular formula is C22H25N5O4S. The topological polar surface area (TPSA) is 128 Å². The average molecular weight is 456 g/mol. The molecule has 0 bridgehead atoms. The molecule has 4 rings (SSSR count). The zero-order valence-corrected chi connectivity index (χ0v) is 18.5. The number of hydrogen-bond donors (Lipinski definition) is 3. The zero-order chi connectivity index (χ0) is 22.7. The Hall–Kier alpha value is -3.40. The number of H-pyrrole nitrogens is 1. The van der Waals surface area contributed by atoms with Crippen molar-refractivity contribution in [1.82, 2.24) is 15.4 Å². The second-order valence-electron chi connectivity index (χ2n) is 7.72. The van der Waals surface area contributed by atoms with E-state index in [1.54, 1.807) is 18.3 Å². The number of aryl methyl sites for hydroxylation is 1. The first kappa shape index (κ1) is 21.8. The van der Waals surface area contributed by atoms with Crippen LogP contribution in [0.5, 0.6) is 0 Å². The normalized spacial score (nSPS) is 14.3. The second kappa shape index (κ2) is 8.99. The number of aromatic nitrogens is 3. The Morgan fingerprint density at radius 1 is 1.16 bits per heavy atom. The van der Waals surface area contributed by atoms with Gasteiger partial charge < -0.3 is 10.0 Å². The summed E-state index contributed by atoms with van der Waals surface area (Å²) in [6.07, 6.45) is 5.25. The van der Waals surface area contributed by atoms with Crippen molar-refractivity contribution in [3.8, 4) is 11.3 Å². The fourth-order valence-corrected chi connectivity index (χ4v) is 5.36. The molecule has 1 saturated heterocycles. The van der Waals surface area contributed by atoms with Gasteiger partial charge in [-0.05, 0) is 55.5 Å². The van der Waals surface area contributed by atoms with Crippen LogP contribution in [0.3, 0.4) is 0 Å². The van der Waals surface area contributed by atoms with Crippen molar-refractivity contribution in [2.24, 2.45) is 0 Å². The smallest absolute Gasteiger partial charge is 0.335 e. The van der Waals surface area contributed by atoms with Crippen LogP contribution in [0.1, 0.15) is 42.1 Å². The number of nitrogens with zero attached hydrogens (tertiary/aromatic N) is 3. The predicted molar refractivity (Wildman–Crippen MR) is 121 cm³/mol. The largest absolute Gasteiger partial charge is 0.478 e. The number of carbonyl (C=O) groups is 1. The van der Waals surface area contributed by atoms with E-state index >= 15 is 0 Å². The molecule has 0 radical (unpaired) electrons. The van der Waals surface area contributed by atoms with Gasteiger partial charge in [0.15, 0.2) is 0 Å². The molecule has 1 aliphatic rings. The molecular weight excluding hydrogens is 430 g/mol. The summed E-state index contributed by atoms with van der Waals surface area (Å²) in [6.45, 7) is 3.51. The number of benzene rings is 2. The Morgan fingerprint density at radius 3 is 2.59 bits per heavy atom. The van der Waals surface area contributed by atoms with Crippen LogP contribution in [-0.2, 0) is 16.4 Å². The maximum atomic E-state index is 13.4. The molecule has 2 aromatic carbocycles. The summed E-state index contributed by atoms with van der Waals surface area (Å²) in [5.41, 5.74) is 3.00. The van der Waals surface area contributed by atoms with Crippen molar-refractivity contribution in [3.05, 3.63) is 53.7 Å². The number of hydrogen-bond acceptors (Lipinski definition) is 6. The lowest BCUT2D eigenvalue weighted by atomic mass is 10.1. The molecule has 9 nitrogen and oxygen atoms in total. The summed E-state index contributed by atoms with van der Waals surface area (Å²) in [6, 6.07) is 9.71. The minimum atomic E-state index is -4.04. The van der Waals surface area contributed by atoms with Gasteiger partial charge in [-0.2, -0.15) is 15.4 Å². The highest BCUT2D eigenvalue weighted by atomic mass is 32.2. The third-order valence-electron chi connectivity index (χ3n) is 5.63. The van der Waals surface area contributed by atoms with E-state index in [0.29, 0.717) is 28.9 Å². The summed E-state index contributed by atoms with van der Waals surface area (Å²) in [5, 5.41) is 19.8. The van der Waals surface area contributed by atoms with Crippen LogP contribution in [0.4, 0.5) is 11.4 Å². The lowest BCUT2D eigenvalue weighted by Crippen LogP contribution is -2.30. The van der Waals surface area contributed by atoms with Crippen LogP contribution >= 0.6 is 0 Å². The second-order valence-corrected chi connectivity index (χ2v) is 9.37. The summed E-state index contributed by atoms with van der Waals surface area (Å²) in [5.74, 6) is -1.17. The van der Waals surface area contributed by atoms with Gasteiger partial charge in [-0.1, -0.05) is 19.1 Å². The molecule has 32 heavy (non-hydrogen) atoms. The lowest BCUT2D eigenvalue weighted by Gasteiger charge is -2.31. The van der Waals surface area contributed by atoms with Gasteiger partial charge in [0, 0.05) is 18.7 Å². The van der Waals surface area contributed by atoms with Crippen LogP contribution in [0.2, 0.25) is 0 Å². The third-order valence-corrected chi connectivity index (χ3v) is 7.08. The van der Waals surface area contributed by atoms with E-state index in [4.69, 9.17) is 0 Å². The quantitative estimate of drug-likeness (QED) is 0.497. The number of carboxylic acid groups (broad SMARTS) is 1. The Labute approximate surface area is 186 Å². The minimum absolute atomic E-state index is 0.0312. The number of aromatic amines is 1. The first-order valence-electron chi connectivity index (χ1n) is 10.5. The highest BCUT2D eigenvalue weighted by Gasteiger charge is 2.24. The van der Waals surface area contributed by atoms with E-state index in [-0.39, 0.29) is 10.5 Å². The molecule has 1 aromatic heterocycles. The minimum Gasteiger partial charge on any atom is -0.478 e. The molecule has 3 aromatic rings. The van der Waals surface area contributed by atoms with Crippen molar-refractivity contribution >= 4 is 27.4 Å². The maximum Gasteiger partial charge on any atom is 0.335 e. The fraction of sp³-hybridized carbons (Fsp3) is 0.318.